The third-order valence-electron chi connectivity index (χ3n) is 5.08. The number of nitrogens with zero attached hydrogens (tertiary/aromatic N) is 1. The first-order valence-electron chi connectivity index (χ1n) is 8.53. The number of Topliss-reactive ketones (excluding diaryl/α,β-unsaturated/α-hetero) is 1. The van der Waals surface area contributed by atoms with Crippen LogP contribution in [0.1, 0.15) is 37.1 Å². The van der Waals surface area contributed by atoms with Gasteiger partial charge in [0.2, 0.25) is 0 Å². The smallest absolute Gasteiger partial charge is 0.137 e. The Kier molecular flexibility index (Phi) is 4.40. The maximum absolute atomic E-state index is 12.0. The molecule has 122 valence electrons. The normalized spacial score (nSPS) is 25.7. The Morgan fingerprint density at radius 3 is 2.96 bits per heavy atom. The van der Waals surface area contributed by atoms with Crippen LogP contribution in [-0.2, 0) is 11.2 Å². The van der Waals surface area contributed by atoms with Gasteiger partial charge in [-0.2, -0.15) is 0 Å². The standard InChI is InChI=1S/C20H26N2O/c1-5-7-17-18-9-16(14(4)23)12-22(8-6-2)19(18)10-15-11-21-13(3)20(15)17/h5,7,9,11,16,19,21H,1,6,8,10,12H2,2-4H3/b17-7-. The molecule has 1 aliphatic carbocycles. The lowest BCUT2D eigenvalue weighted by Crippen LogP contribution is -2.47. The molecule has 0 bridgehead atoms. The minimum atomic E-state index is 0.00168. The number of aromatic amines is 1. The summed E-state index contributed by atoms with van der Waals surface area (Å²) >= 11 is 0. The molecule has 3 heteroatoms. The molecule has 3 rings (SSSR count). The Morgan fingerprint density at radius 1 is 1.52 bits per heavy atom. The molecule has 1 aromatic heterocycles. The van der Waals surface area contributed by atoms with Crippen molar-refractivity contribution in [2.75, 3.05) is 13.1 Å². The van der Waals surface area contributed by atoms with Gasteiger partial charge in [0, 0.05) is 36.0 Å². The van der Waals surface area contributed by atoms with E-state index in [1.54, 1.807) is 6.92 Å². The monoisotopic (exact) mass is 310 g/mol. The third-order valence-corrected chi connectivity index (χ3v) is 5.08. The van der Waals surface area contributed by atoms with Crippen LogP contribution in [0.25, 0.3) is 5.57 Å². The first kappa shape index (κ1) is 16.0. The predicted octanol–water partition coefficient (Wildman–Crippen LogP) is 3.67. The van der Waals surface area contributed by atoms with E-state index in [9.17, 15) is 4.79 Å². The van der Waals surface area contributed by atoms with Gasteiger partial charge in [0.05, 0.1) is 0 Å². The van der Waals surface area contributed by atoms with Crippen molar-refractivity contribution in [2.45, 2.75) is 39.7 Å². The zero-order valence-electron chi connectivity index (χ0n) is 14.4. The van der Waals surface area contributed by atoms with E-state index in [1.807, 2.05) is 6.08 Å². The van der Waals surface area contributed by atoms with Gasteiger partial charge in [-0.3, -0.25) is 9.69 Å². The number of hydrogen-bond acceptors (Lipinski definition) is 2. The average molecular weight is 310 g/mol. The molecule has 2 unspecified atom stereocenters. The van der Waals surface area contributed by atoms with Crippen molar-refractivity contribution in [3.8, 4) is 0 Å². The van der Waals surface area contributed by atoms with Crippen LogP contribution >= 0.6 is 0 Å². The van der Waals surface area contributed by atoms with Crippen LogP contribution in [0.5, 0.6) is 0 Å². The van der Waals surface area contributed by atoms with Gasteiger partial charge in [0.25, 0.3) is 0 Å². The fourth-order valence-electron chi connectivity index (χ4n) is 4.01. The maximum atomic E-state index is 12.0. The molecule has 0 radical (unpaired) electrons. The number of rotatable bonds is 4. The molecule has 0 saturated carbocycles. The summed E-state index contributed by atoms with van der Waals surface area (Å²) in [7, 11) is 0. The van der Waals surface area contributed by atoms with Crippen LogP contribution in [0, 0.1) is 12.8 Å². The van der Waals surface area contributed by atoms with Crippen LogP contribution < -0.4 is 0 Å². The van der Waals surface area contributed by atoms with Crippen LogP contribution in [0.3, 0.4) is 0 Å². The Hall–Kier alpha value is -1.87. The van der Waals surface area contributed by atoms with Crippen molar-refractivity contribution in [1.82, 2.24) is 9.88 Å². The molecule has 0 fully saturated rings. The summed E-state index contributed by atoms with van der Waals surface area (Å²) in [5, 5.41) is 0. The number of hydrogen-bond donors (Lipinski definition) is 1. The zero-order valence-corrected chi connectivity index (χ0v) is 14.4. The summed E-state index contributed by atoms with van der Waals surface area (Å²) < 4.78 is 0. The molecule has 0 amide bonds. The number of carbonyl (C=O) groups is 1. The number of nitrogens with one attached hydrogen (secondary N) is 1. The second-order valence-corrected chi connectivity index (χ2v) is 6.68. The van der Waals surface area contributed by atoms with Crippen molar-refractivity contribution >= 4 is 11.4 Å². The highest BCUT2D eigenvalue weighted by molar-refractivity contribution is 5.89. The summed E-state index contributed by atoms with van der Waals surface area (Å²) in [5.41, 5.74) is 6.41. The highest BCUT2D eigenvalue weighted by atomic mass is 16.1. The van der Waals surface area contributed by atoms with E-state index in [-0.39, 0.29) is 11.7 Å². The van der Waals surface area contributed by atoms with E-state index in [4.69, 9.17) is 0 Å². The summed E-state index contributed by atoms with van der Waals surface area (Å²) in [6.07, 6.45) is 10.4. The number of carbonyl (C=O) groups excluding carboxylic acids is 1. The SMILES string of the molecule is C=C/C=C1/C2=CC(C(C)=O)CN(CCC)C2Cc2c[nH]c(C)c21. The fraction of sp³-hybridized carbons (Fsp3) is 0.450. The molecule has 2 atom stereocenters. The molecular weight excluding hydrogens is 284 g/mol. The van der Waals surface area contributed by atoms with Gasteiger partial charge in [-0.05, 0) is 49.9 Å². The summed E-state index contributed by atoms with van der Waals surface area (Å²) in [5.74, 6) is 0.258. The van der Waals surface area contributed by atoms with Gasteiger partial charge in [-0.1, -0.05) is 31.7 Å². The van der Waals surface area contributed by atoms with Crippen LogP contribution in [0.2, 0.25) is 0 Å². The second-order valence-electron chi connectivity index (χ2n) is 6.68. The Bertz CT molecular complexity index is 692. The maximum Gasteiger partial charge on any atom is 0.137 e. The first-order valence-corrected chi connectivity index (χ1v) is 8.53. The molecule has 3 nitrogen and oxygen atoms in total. The van der Waals surface area contributed by atoms with Gasteiger partial charge in [-0.15, -0.1) is 0 Å². The van der Waals surface area contributed by atoms with Gasteiger partial charge < -0.3 is 4.98 Å². The van der Waals surface area contributed by atoms with Crippen LogP contribution in [-0.4, -0.2) is 34.8 Å². The van der Waals surface area contributed by atoms with Gasteiger partial charge in [-0.25, -0.2) is 0 Å². The van der Waals surface area contributed by atoms with Crippen LogP contribution in [0.15, 0.2) is 36.6 Å². The minimum Gasteiger partial charge on any atom is -0.364 e. The fourth-order valence-corrected chi connectivity index (χ4v) is 4.01. The summed E-state index contributed by atoms with van der Waals surface area (Å²) in [4.78, 5) is 17.9. The lowest BCUT2D eigenvalue weighted by atomic mass is 9.76. The zero-order chi connectivity index (χ0) is 16.6. The van der Waals surface area contributed by atoms with E-state index in [1.165, 1.54) is 28.0 Å². The molecule has 0 aromatic carbocycles. The summed E-state index contributed by atoms with van der Waals surface area (Å²) in [6.45, 7) is 11.8. The topological polar surface area (TPSA) is 36.1 Å². The minimum absolute atomic E-state index is 0.00168. The van der Waals surface area contributed by atoms with Gasteiger partial charge in [0.1, 0.15) is 5.78 Å². The van der Waals surface area contributed by atoms with Crippen molar-refractivity contribution in [2.24, 2.45) is 5.92 Å². The predicted molar refractivity (Wildman–Crippen MR) is 95.3 cm³/mol. The van der Waals surface area contributed by atoms with E-state index < -0.39 is 0 Å². The lowest BCUT2D eigenvalue weighted by Gasteiger charge is -2.42. The molecule has 1 aromatic rings. The number of aromatic nitrogens is 1. The molecule has 1 aliphatic heterocycles. The van der Waals surface area contributed by atoms with Crippen molar-refractivity contribution in [3.63, 3.8) is 0 Å². The van der Waals surface area contributed by atoms with Crippen molar-refractivity contribution < 1.29 is 4.79 Å². The van der Waals surface area contributed by atoms with Gasteiger partial charge in [0.15, 0.2) is 0 Å². The summed E-state index contributed by atoms with van der Waals surface area (Å²) in [6, 6.07) is 0.374. The first-order chi connectivity index (χ1) is 11.1. The van der Waals surface area contributed by atoms with E-state index in [0.717, 1.165) is 25.9 Å². The number of allylic oxidation sites excluding steroid dienone is 2. The van der Waals surface area contributed by atoms with E-state index in [0.29, 0.717) is 6.04 Å². The third kappa shape index (κ3) is 2.74. The van der Waals surface area contributed by atoms with Crippen LogP contribution in [0.4, 0.5) is 0 Å². The van der Waals surface area contributed by atoms with Crippen molar-refractivity contribution in [3.05, 3.63) is 53.4 Å². The Balaban J connectivity index is 2.14. The Morgan fingerprint density at radius 2 is 2.30 bits per heavy atom. The number of fused-ring (bicyclic) bond motifs is 2. The highest BCUT2D eigenvalue weighted by Crippen LogP contribution is 2.42. The number of ketones is 1. The largest absolute Gasteiger partial charge is 0.364 e. The lowest BCUT2D eigenvalue weighted by molar-refractivity contribution is -0.120. The second kappa shape index (κ2) is 6.32. The Labute approximate surface area is 138 Å². The van der Waals surface area contributed by atoms with Gasteiger partial charge >= 0.3 is 0 Å². The molecule has 0 spiro atoms. The molecule has 23 heavy (non-hydrogen) atoms. The number of H-pyrrole nitrogens is 1. The molecule has 1 N–H and O–H groups in total. The molecule has 2 heterocycles. The van der Waals surface area contributed by atoms with Crippen molar-refractivity contribution in [1.29, 1.82) is 0 Å². The average Bonchev–Trinajstić information content (AvgIpc) is 2.89. The molecular formula is C20H26N2O. The van der Waals surface area contributed by atoms with E-state index in [2.05, 4.69) is 48.7 Å². The quantitative estimate of drug-likeness (QED) is 0.921. The molecule has 0 saturated heterocycles. The molecule has 2 aliphatic rings. The number of aryl methyl sites for hydroxylation is 1. The highest BCUT2D eigenvalue weighted by Gasteiger charge is 2.37. The van der Waals surface area contributed by atoms with E-state index >= 15 is 0 Å².